The number of anilines is 1. The Kier molecular flexibility index (Phi) is 3.79. The lowest BCUT2D eigenvalue weighted by atomic mass is 10.3. The fourth-order valence-corrected chi connectivity index (χ4v) is 2.67. The minimum Gasteiger partial charge on any atom is -0.398 e. The lowest BCUT2D eigenvalue weighted by molar-refractivity contribution is 0.485. The SMILES string of the molecule is Nc1ccccc1SCCS(=O)(=O)O. The normalized spacial score (nSPS) is 11.5. The van der Waals surface area contributed by atoms with Crippen LogP contribution in [0.4, 0.5) is 5.69 Å². The smallest absolute Gasteiger partial charge is 0.265 e. The first kappa shape index (κ1) is 11.4. The molecule has 0 fully saturated rings. The van der Waals surface area contributed by atoms with Crippen molar-refractivity contribution in [2.24, 2.45) is 0 Å². The molecule has 0 atom stereocenters. The standard InChI is InChI=1S/C8H11NO3S2/c9-7-3-1-2-4-8(7)13-5-6-14(10,11)12/h1-4H,5-6,9H2,(H,10,11,12). The predicted octanol–water partition coefficient (Wildman–Crippen LogP) is 1.25. The summed E-state index contributed by atoms with van der Waals surface area (Å²) in [5.74, 6) is 0.0407. The first-order valence-corrected chi connectivity index (χ1v) is 6.51. The van der Waals surface area contributed by atoms with Crippen molar-refractivity contribution in [2.75, 3.05) is 17.2 Å². The van der Waals surface area contributed by atoms with Crippen molar-refractivity contribution in [1.82, 2.24) is 0 Å². The number of nitrogens with two attached hydrogens (primary N) is 1. The summed E-state index contributed by atoms with van der Waals surface area (Å²) in [6.45, 7) is 0. The van der Waals surface area contributed by atoms with Crippen LogP contribution in [0.3, 0.4) is 0 Å². The Bertz CT molecular complexity index is 403. The Morgan fingerprint density at radius 2 is 2.00 bits per heavy atom. The molecular formula is C8H11NO3S2. The van der Waals surface area contributed by atoms with E-state index in [2.05, 4.69) is 0 Å². The third kappa shape index (κ3) is 3.99. The molecule has 1 aromatic rings. The molecule has 0 heterocycles. The van der Waals surface area contributed by atoms with Gasteiger partial charge in [0.05, 0.1) is 5.75 Å². The average Bonchev–Trinajstić information content (AvgIpc) is 2.06. The van der Waals surface area contributed by atoms with Gasteiger partial charge in [-0.05, 0) is 12.1 Å². The van der Waals surface area contributed by atoms with Crippen LogP contribution in [0.1, 0.15) is 0 Å². The van der Waals surface area contributed by atoms with E-state index in [1.165, 1.54) is 11.8 Å². The molecule has 1 aromatic carbocycles. The number of benzene rings is 1. The quantitative estimate of drug-likeness (QED) is 0.465. The summed E-state index contributed by atoms with van der Waals surface area (Å²) in [6, 6.07) is 7.19. The minimum absolute atomic E-state index is 0.258. The molecule has 0 unspecified atom stereocenters. The molecule has 0 aliphatic carbocycles. The summed E-state index contributed by atoms with van der Waals surface area (Å²) in [6.07, 6.45) is 0. The molecule has 0 aliphatic heterocycles. The van der Waals surface area contributed by atoms with E-state index in [0.29, 0.717) is 11.4 Å². The summed E-state index contributed by atoms with van der Waals surface area (Å²) >= 11 is 1.31. The predicted molar refractivity (Wildman–Crippen MR) is 58.0 cm³/mol. The van der Waals surface area contributed by atoms with Crippen molar-refractivity contribution >= 4 is 27.6 Å². The van der Waals surface area contributed by atoms with Gasteiger partial charge in [0.25, 0.3) is 10.1 Å². The van der Waals surface area contributed by atoms with Crippen molar-refractivity contribution in [2.45, 2.75) is 4.90 Å². The van der Waals surface area contributed by atoms with Crippen molar-refractivity contribution in [3.05, 3.63) is 24.3 Å². The first-order valence-electron chi connectivity index (χ1n) is 3.91. The second-order valence-electron chi connectivity index (χ2n) is 2.67. The van der Waals surface area contributed by atoms with Gasteiger partial charge in [-0.25, -0.2) is 0 Å². The third-order valence-corrected chi connectivity index (χ3v) is 3.59. The van der Waals surface area contributed by atoms with E-state index in [-0.39, 0.29) is 5.75 Å². The Labute approximate surface area is 87.3 Å². The zero-order valence-corrected chi connectivity index (χ0v) is 9.01. The van der Waals surface area contributed by atoms with E-state index in [9.17, 15) is 8.42 Å². The lowest BCUT2D eigenvalue weighted by Gasteiger charge is -2.03. The molecule has 78 valence electrons. The van der Waals surface area contributed by atoms with Crippen molar-refractivity contribution in [1.29, 1.82) is 0 Å². The van der Waals surface area contributed by atoms with Gasteiger partial charge in [0, 0.05) is 16.3 Å². The summed E-state index contributed by atoms with van der Waals surface area (Å²) in [7, 11) is -3.87. The molecule has 4 nitrogen and oxygen atoms in total. The fourth-order valence-electron chi connectivity index (χ4n) is 0.869. The Balaban J connectivity index is 2.51. The van der Waals surface area contributed by atoms with Gasteiger partial charge >= 0.3 is 0 Å². The molecule has 0 radical (unpaired) electrons. The van der Waals surface area contributed by atoms with Crippen LogP contribution in [0.25, 0.3) is 0 Å². The number of rotatable bonds is 4. The van der Waals surface area contributed by atoms with Gasteiger partial charge in [-0.3, -0.25) is 4.55 Å². The third-order valence-electron chi connectivity index (χ3n) is 1.52. The van der Waals surface area contributed by atoms with Gasteiger partial charge < -0.3 is 5.73 Å². The van der Waals surface area contributed by atoms with Gasteiger partial charge in [0.2, 0.25) is 0 Å². The van der Waals surface area contributed by atoms with Gasteiger partial charge in [0.15, 0.2) is 0 Å². The van der Waals surface area contributed by atoms with E-state index in [1.54, 1.807) is 6.07 Å². The molecular weight excluding hydrogens is 222 g/mol. The highest BCUT2D eigenvalue weighted by atomic mass is 32.2. The lowest BCUT2D eigenvalue weighted by Crippen LogP contribution is -2.05. The summed E-state index contributed by atoms with van der Waals surface area (Å²) < 4.78 is 29.3. The monoisotopic (exact) mass is 233 g/mol. The molecule has 0 saturated carbocycles. The van der Waals surface area contributed by atoms with Crippen LogP contribution >= 0.6 is 11.8 Å². The Morgan fingerprint density at radius 3 is 2.57 bits per heavy atom. The molecule has 6 heteroatoms. The van der Waals surface area contributed by atoms with Crippen LogP contribution in [-0.4, -0.2) is 24.5 Å². The van der Waals surface area contributed by atoms with Gasteiger partial charge in [-0.2, -0.15) is 8.42 Å². The topological polar surface area (TPSA) is 80.4 Å². The van der Waals surface area contributed by atoms with Crippen molar-refractivity contribution in [3.63, 3.8) is 0 Å². The number of hydrogen-bond donors (Lipinski definition) is 2. The van der Waals surface area contributed by atoms with Crippen LogP contribution in [0.5, 0.6) is 0 Å². The van der Waals surface area contributed by atoms with E-state index >= 15 is 0 Å². The highest BCUT2D eigenvalue weighted by Gasteiger charge is 2.05. The zero-order chi connectivity index (χ0) is 10.6. The van der Waals surface area contributed by atoms with Crippen molar-refractivity contribution < 1.29 is 13.0 Å². The molecule has 3 N–H and O–H groups in total. The maximum absolute atomic E-state index is 10.4. The Morgan fingerprint density at radius 1 is 1.36 bits per heavy atom. The number of hydrogen-bond acceptors (Lipinski definition) is 4. The molecule has 0 saturated heterocycles. The Hall–Kier alpha value is -0.720. The number of nitrogen functional groups attached to an aromatic ring is 1. The van der Waals surface area contributed by atoms with E-state index in [0.717, 1.165) is 4.90 Å². The van der Waals surface area contributed by atoms with Gasteiger partial charge in [-0.15, -0.1) is 11.8 Å². The molecule has 0 amide bonds. The zero-order valence-electron chi connectivity index (χ0n) is 7.38. The fraction of sp³-hybridized carbons (Fsp3) is 0.250. The van der Waals surface area contributed by atoms with E-state index < -0.39 is 10.1 Å². The van der Waals surface area contributed by atoms with Crippen LogP contribution in [0, 0.1) is 0 Å². The molecule has 0 spiro atoms. The highest BCUT2D eigenvalue weighted by molar-refractivity contribution is 8.00. The second-order valence-corrected chi connectivity index (χ2v) is 5.38. The van der Waals surface area contributed by atoms with E-state index in [4.69, 9.17) is 10.3 Å². The van der Waals surface area contributed by atoms with Crippen LogP contribution in [-0.2, 0) is 10.1 Å². The maximum atomic E-state index is 10.4. The molecule has 14 heavy (non-hydrogen) atoms. The number of thioether (sulfide) groups is 1. The average molecular weight is 233 g/mol. The second kappa shape index (κ2) is 4.68. The minimum atomic E-state index is -3.87. The first-order chi connectivity index (χ1) is 6.49. The highest BCUT2D eigenvalue weighted by Crippen LogP contribution is 2.24. The molecule has 0 aliphatic rings. The van der Waals surface area contributed by atoms with Gasteiger partial charge in [-0.1, -0.05) is 12.1 Å². The van der Waals surface area contributed by atoms with Crippen LogP contribution in [0.2, 0.25) is 0 Å². The number of para-hydroxylation sites is 1. The summed E-state index contributed by atoms with van der Waals surface area (Å²) in [5, 5.41) is 0. The van der Waals surface area contributed by atoms with Crippen LogP contribution in [0.15, 0.2) is 29.2 Å². The largest absolute Gasteiger partial charge is 0.398 e. The van der Waals surface area contributed by atoms with Crippen LogP contribution < -0.4 is 5.73 Å². The van der Waals surface area contributed by atoms with E-state index in [1.807, 2.05) is 18.2 Å². The molecule has 0 aromatic heterocycles. The summed E-state index contributed by atoms with van der Waals surface area (Å²) in [4.78, 5) is 0.830. The molecule has 1 rings (SSSR count). The van der Waals surface area contributed by atoms with Crippen molar-refractivity contribution in [3.8, 4) is 0 Å². The molecule has 0 bridgehead atoms. The van der Waals surface area contributed by atoms with Gasteiger partial charge in [0.1, 0.15) is 0 Å². The summed E-state index contributed by atoms with van der Waals surface area (Å²) in [5.41, 5.74) is 6.26. The maximum Gasteiger partial charge on any atom is 0.265 e.